The smallest absolute Gasteiger partial charge is 0.230 e. The van der Waals surface area contributed by atoms with E-state index in [-0.39, 0.29) is 17.9 Å². The van der Waals surface area contributed by atoms with Crippen molar-refractivity contribution < 1.29 is 14.4 Å². The van der Waals surface area contributed by atoms with E-state index in [0.29, 0.717) is 13.0 Å². The highest BCUT2D eigenvalue weighted by Gasteiger charge is 2.29. The molecule has 5 heteroatoms. The first-order chi connectivity index (χ1) is 14.2. The highest BCUT2D eigenvalue weighted by molar-refractivity contribution is 6.01. The molecule has 0 fully saturated rings. The Kier molecular flexibility index (Phi) is 7.28. The van der Waals surface area contributed by atoms with Crippen LogP contribution in [-0.4, -0.2) is 42.8 Å². The number of nitrogens with zero attached hydrogens (tertiary/aromatic N) is 2. The third kappa shape index (κ3) is 5.17. The Hall–Kier alpha value is -2.82. The largest absolute Gasteiger partial charge is 0.497 e. The first kappa shape index (κ1) is 20.9. The van der Waals surface area contributed by atoms with E-state index in [2.05, 4.69) is 19.0 Å². The average molecular weight is 395 g/mol. The third-order valence-corrected chi connectivity index (χ3v) is 5.29. The van der Waals surface area contributed by atoms with Crippen LogP contribution in [0, 0.1) is 0 Å². The SMILES string of the molecule is CCCN(CC1CC(c2ccc(OC)cc2)=NO1)C(=O)C(CC)c1ccccc1. The molecule has 0 aromatic heterocycles. The first-order valence-electron chi connectivity index (χ1n) is 10.4. The van der Waals surface area contributed by atoms with Crippen LogP contribution < -0.4 is 4.74 Å². The van der Waals surface area contributed by atoms with Crippen molar-refractivity contribution in [3.63, 3.8) is 0 Å². The monoisotopic (exact) mass is 394 g/mol. The van der Waals surface area contributed by atoms with Crippen LogP contribution in [0.4, 0.5) is 0 Å². The van der Waals surface area contributed by atoms with E-state index in [9.17, 15) is 4.79 Å². The molecular formula is C24H30N2O3. The van der Waals surface area contributed by atoms with E-state index in [1.54, 1.807) is 7.11 Å². The number of oxime groups is 1. The number of carbonyl (C=O) groups excluding carboxylic acids is 1. The van der Waals surface area contributed by atoms with Gasteiger partial charge in [-0.1, -0.05) is 49.3 Å². The van der Waals surface area contributed by atoms with Gasteiger partial charge in [0.2, 0.25) is 5.91 Å². The van der Waals surface area contributed by atoms with E-state index in [1.807, 2.05) is 59.5 Å². The molecule has 0 radical (unpaired) electrons. The minimum absolute atomic E-state index is 0.115. The summed E-state index contributed by atoms with van der Waals surface area (Å²) in [5.41, 5.74) is 3.01. The van der Waals surface area contributed by atoms with Crippen LogP contribution in [0.3, 0.4) is 0 Å². The summed E-state index contributed by atoms with van der Waals surface area (Å²) in [5.74, 6) is 0.865. The molecule has 0 saturated heterocycles. The zero-order valence-electron chi connectivity index (χ0n) is 17.5. The number of amides is 1. The first-order valence-corrected chi connectivity index (χ1v) is 10.4. The third-order valence-electron chi connectivity index (χ3n) is 5.29. The number of benzene rings is 2. The molecule has 2 atom stereocenters. The Balaban J connectivity index is 1.65. The van der Waals surface area contributed by atoms with Crippen molar-refractivity contribution in [2.75, 3.05) is 20.2 Å². The van der Waals surface area contributed by atoms with Gasteiger partial charge in [0.25, 0.3) is 0 Å². The van der Waals surface area contributed by atoms with E-state index >= 15 is 0 Å². The molecular weight excluding hydrogens is 364 g/mol. The summed E-state index contributed by atoms with van der Waals surface area (Å²) >= 11 is 0. The molecule has 1 amide bonds. The lowest BCUT2D eigenvalue weighted by molar-refractivity contribution is -0.134. The standard InChI is InChI=1S/C24H30N2O3/c1-4-15-26(24(27)22(5-2)18-9-7-6-8-10-18)17-21-16-23(25-29-21)19-11-13-20(28-3)14-12-19/h6-14,21-22H,4-5,15-17H2,1-3H3. The number of hydrogen-bond acceptors (Lipinski definition) is 4. The molecule has 5 nitrogen and oxygen atoms in total. The zero-order valence-corrected chi connectivity index (χ0v) is 17.5. The molecule has 2 aromatic carbocycles. The summed E-state index contributed by atoms with van der Waals surface area (Å²) in [6, 6.07) is 17.8. The molecule has 0 spiro atoms. The van der Waals surface area contributed by atoms with Crippen molar-refractivity contribution in [1.29, 1.82) is 0 Å². The van der Waals surface area contributed by atoms with Gasteiger partial charge < -0.3 is 14.5 Å². The lowest BCUT2D eigenvalue weighted by atomic mass is 9.94. The molecule has 0 saturated carbocycles. The van der Waals surface area contributed by atoms with Crippen LogP contribution in [0.25, 0.3) is 0 Å². The van der Waals surface area contributed by atoms with Crippen LogP contribution in [0.15, 0.2) is 59.8 Å². The summed E-state index contributed by atoms with van der Waals surface area (Å²) < 4.78 is 5.21. The molecule has 2 aromatic rings. The lowest BCUT2D eigenvalue weighted by Gasteiger charge is -2.28. The second-order valence-corrected chi connectivity index (χ2v) is 7.35. The molecule has 1 heterocycles. The molecule has 2 unspecified atom stereocenters. The summed E-state index contributed by atoms with van der Waals surface area (Å²) in [7, 11) is 1.65. The maximum Gasteiger partial charge on any atom is 0.230 e. The Morgan fingerprint density at radius 1 is 1.17 bits per heavy atom. The van der Waals surface area contributed by atoms with Crippen molar-refractivity contribution in [3.05, 3.63) is 65.7 Å². The Morgan fingerprint density at radius 3 is 2.52 bits per heavy atom. The summed E-state index contributed by atoms with van der Waals surface area (Å²) in [6.45, 7) is 5.44. The van der Waals surface area contributed by atoms with Crippen LogP contribution in [0.5, 0.6) is 5.75 Å². The molecule has 29 heavy (non-hydrogen) atoms. The molecule has 0 N–H and O–H groups in total. The summed E-state index contributed by atoms with van der Waals surface area (Å²) in [6.07, 6.45) is 2.27. The van der Waals surface area contributed by atoms with Crippen LogP contribution in [0.2, 0.25) is 0 Å². The Labute approximate surface area is 173 Å². The van der Waals surface area contributed by atoms with E-state index in [1.165, 1.54) is 0 Å². The van der Waals surface area contributed by atoms with Crippen molar-refractivity contribution in [2.45, 2.75) is 45.1 Å². The maximum atomic E-state index is 13.3. The Bertz CT molecular complexity index is 818. The van der Waals surface area contributed by atoms with Gasteiger partial charge in [0, 0.05) is 13.0 Å². The van der Waals surface area contributed by atoms with Gasteiger partial charge >= 0.3 is 0 Å². The van der Waals surface area contributed by atoms with Gasteiger partial charge in [-0.25, -0.2) is 0 Å². The normalized spacial score (nSPS) is 16.7. The molecule has 1 aliphatic heterocycles. The predicted octanol–water partition coefficient (Wildman–Crippen LogP) is 4.62. The van der Waals surface area contributed by atoms with Crippen molar-refractivity contribution in [1.82, 2.24) is 4.90 Å². The van der Waals surface area contributed by atoms with Gasteiger partial charge in [0.05, 0.1) is 25.3 Å². The maximum absolute atomic E-state index is 13.3. The minimum Gasteiger partial charge on any atom is -0.497 e. The van der Waals surface area contributed by atoms with Gasteiger partial charge in [0.15, 0.2) is 6.10 Å². The van der Waals surface area contributed by atoms with Gasteiger partial charge in [-0.3, -0.25) is 4.79 Å². The molecule has 0 bridgehead atoms. The highest BCUT2D eigenvalue weighted by atomic mass is 16.6. The fourth-order valence-electron chi connectivity index (χ4n) is 3.75. The number of methoxy groups -OCH3 is 1. The van der Waals surface area contributed by atoms with Crippen LogP contribution in [0.1, 0.15) is 50.2 Å². The quantitative estimate of drug-likeness (QED) is 0.623. The molecule has 3 rings (SSSR count). The average Bonchev–Trinajstić information content (AvgIpc) is 3.23. The number of carbonyl (C=O) groups is 1. The zero-order chi connectivity index (χ0) is 20.6. The van der Waals surface area contributed by atoms with Gasteiger partial charge in [-0.2, -0.15) is 0 Å². The minimum atomic E-state index is -0.119. The van der Waals surface area contributed by atoms with Crippen LogP contribution >= 0.6 is 0 Å². The van der Waals surface area contributed by atoms with E-state index in [0.717, 1.165) is 42.0 Å². The van der Waals surface area contributed by atoms with E-state index in [4.69, 9.17) is 9.57 Å². The second-order valence-electron chi connectivity index (χ2n) is 7.35. The van der Waals surface area contributed by atoms with Crippen molar-refractivity contribution in [2.24, 2.45) is 5.16 Å². The molecule has 0 aliphatic carbocycles. The fourth-order valence-corrected chi connectivity index (χ4v) is 3.75. The summed E-state index contributed by atoms with van der Waals surface area (Å²) in [5, 5.41) is 4.28. The summed E-state index contributed by atoms with van der Waals surface area (Å²) in [4.78, 5) is 20.9. The molecule has 1 aliphatic rings. The van der Waals surface area contributed by atoms with Gasteiger partial charge in [-0.15, -0.1) is 0 Å². The van der Waals surface area contributed by atoms with E-state index < -0.39 is 0 Å². The fraction of sp³-hybridized carbons (Fsp3) is 0.417. The van der Waals surface area contributed by atoms with Crippen molar-refractivity contribution in [3.8, 4) is 5.75 Å². The number of rotatable bonds is 9. The van der Waals surface area contributed by atoms with Crippen LogP contribution in [-0.2, 0) is 9.63 Å². The number of hydrogen-bond donors (Lipinski definition) is 0. The second kappa shape index (κ2) is 10.1. The Morgan fingerprint density at radius 2 is 1.90 bits per heavy atom. The number of ether oxygens (including phenoxy) is 1. The lowest BCUT2D eigenvalue weighted by Crippen LogP contribution is -2.40. The van der Waals surface area contributed by atoms with Crippen molar-refractivity contribution >= 4 is 11.6 Å². The predicted molar refractivity (Wildman–Crippen MR) is 115 cm³/mol. The van der Waals surface area contributed by atoms with Gasteiger partial charge in [0.1, 0.15) is 5.75 Å². The highest BCUT2D eigenvalue weighted by Crippen LogP contribution is 2.24. The topological polar surface area (TPSA) is 51.1 Å². The van der Waals surface area contributed by atoms with Gasteiger partial charge in [-0.05, 0) is 48.2 Å². The molecule has 154 valence electrons.